The molecular formula is C26H20N2O2. The van der Waals surface area contributed by atoms with Gasteiger partial charge in [0.25, 0.3) is 5.91 Å². The maximum Gasteiger partial charge on any atom is 0.252 e. The van der Waals surface area contributed by atoms with Gasteiger partial charge in [-0.3, -0.25) is 4.79 Å². The number of ether oxygens (including phenoxy) is 1. The molecule has 1 amide bonds. The van der Waals surface area contributed by atoms with E-state index >= 15 is 0 Å². The quantitative estimate of drug-likeness (QED) is 0.460. The number of nitriles is 1. The van der Waals surface area contributed by atoms with Crippen molar-refractivity contribution in [2.24, 2.45) is 0 Å². The Labute approximate surface area is 175 Å². The Morgan fingerprint density at radius 1 is 0.833 bits per heavy atom. The molecule has 0 bridgehead atoms. The van der Waals surface area contributed by atoms with E-state index < -0.39 is 0 Å². The molecule has 1 N–H and O–H groups in total. The molecule has 30 heavy (non-hydrogen) atoms. The molecule has 0 aliphatic carbocycles. The summed E-state index contributed by atoms with van der Waals surface area (Å²) in [6.07, 6.45) is 0. The number of carbonyl (C=O) groups is 1. The number of nitrogens with one attached hydrogen (secondary N) is 1. The predicted octanol–water partition coefficient (Wildman–Crippen LogP) is 5.19. The summed E-state index contributed by atoms with van der Waals surface area (Å²) in [5, 5.41) is 14.6. The molecule has 0 saturated heterocycles. The molecule has 0 unspecified atom stereocenters. The van der Waals surface area contributed by atoms with Crippen molar-refractivity contribution in [3.63, 3.8) is 0 Å². The highest BCUT2D eigenvalue weighted by Crippen LogP contribution is 2.27. The van der Waals surface area contributed by atoms with Gasteiger partial charge >= 0.3 is 0 Å². The van der Waals surface area contributed by atoms with Crippen molar-refractivity contribution in [2.45, 2.75) is 0 Å². The first-order valence-electron chi connectivity index (χ1n) is 9.74. The van der Waals surface area contributed by atoms with Crippen LogP contribution in [-0.2, 0) is 0 Å². The fourth-order valence-corrected chi connectivity index (χ4v) is 3.42. The lowest BCUT2D eigenvalue weighted by Gasteiger charge is -2.12. The molecular weight excluding hydrogens is 372 g/mol. The molecule has 0 radical (unpaired) electrons. The maximum atomic E-state index is 12.8. The van der Waals surface area contributed by atoms with Crippen LogP contribution in [0, 0.1) is 11.3 Å². The fourth-order valence-electron chi connectivity index (χ4n) is 3.42. The number of amides is 1. The summed E-state index contributed by atoms with van der Waals surface area (Å²) in [6.45, 7) is 0.737. The highest BCUT2D eigenvalue weighted by molar-refractivity contribution is 6.01. The van der Waals surface area contributed by atoms with Gasteiger partial charge in [0.2, 0.25) is 0 Å². The monoisotopic (exact) mass is 392 g/mol. The highest BCUT2D eigenvalue weighted by Gasteiger charge is 2.14. The molecule has 0 saturated carbocycles. The van der Waals surface area contributed by atoms with Crippen LogP contribution in [0.1, 0.15) is 15.9 Å². The minimum Gasteiger partial charge on any atom is -0.492 e. The van der Waals surface area contributed by atoms with Crippen molar-refractivity contribution >= 4 is 16.7 Å². The van der Waals surface area contributed by atoms with Crippen LogP contribution in [-0.4, -0.2) is 19.1 Å². The Morgan fingerprint density at radius 3 is 2.37 bits per heavy atom. The number of hydrogen-bond donors (Lipinski definition) is 1. The summed E-state index contributed by atoms with van der Waals surface area (Å²) in [5.74, 6) is 0.576. The van der Waals surface area contributed by atoms with Gasteiger partial charge in [0.15, 0.2) is 0 Å². The van der Waals surface area contributed by atoms with E-state index in [2.05, 4.69) is 17.5 Å². The molecule has 0 heterocycles. The predicted molar refractivity (Wildman–Crippen MR) is 118 cm³/mol. The smallest absolute Gasteiger partial charge is 0.252 e. The minimum atomic E-state index is -0.194. The average Bonchev–Trinajstić information content (AvgIpc) is 2.81. The number of rotatable bonds is 6. The topological polar surface area (TPSA) is 62.1 Å². The summed E-state index contributed by atoms with van der Waals surface area (Å²) in [4.78, 5) is 12.8. The second-order valence-corrected chi connectivity index (χ2v) is 6.82. The molecule has 146 valence electrons. The van der Waals surface area contributed by atoms with Gasteiger partial charge in [-0.05, 0) is 40.6 Å². The Balaban J connectivity index is 1.41. The minimum absolute atomic E-state index is 0.194. The largest absolute Gasteiger partial charge is 0.492 e. The van der Waals surface area contributed by atoms with Crippen molar-refractivity contribution in [3.8, 4) is 22.9 Å². The van der Waals surface area contributed by atoms with E-state index in [4.69, 9.17) is 4.74 Å². The molecule has 0 aliphatic heterocycles. The zero-order chi connectivity index (χ0) is 20.8. The van der Waals surface area contributed by atoms with E-state index in [0.29, 0.717) is 24.3 Å². The molecule has 4 heteroatoms. The normalized spacial score (nSPS) is 10.4. The van der Waals surface area contributed by atoms with E-state index in [0.717, 1.165) is 27.6 Å². The van der Waals surface area contributed by atoms with Crippen molar-refractivity contribution in [2.75, 3.05) is 13.2 Å². The van der Waals surface area contributed by atoms with Crippen molar-refractivity contribution < 1.29 is 9.53 Å². The summed E-state index contributed by atoms with van der Waals surface area (Å²) >= 11 is 0. The van der Waals surface area contributed by atoms with Crippen LogP contribution in [0.5, 0.6) is 5.75 Å². The first-order valence-corrected chi connectivity index (χ1v) is 9.74. The average molecular weight is 392 g/mol. The van der Waals surface area contributed by atoms with Crippen molar-refractivity contribution in [1.82, 2.24) is 5.32 Å². The standard InChI is InChI=1S/C26H20N2O2/c27-18-21-9-3-4-10-23(21)24-11-5-6-12-25(24)26(29)28-15-16-30-22-14-13-19-7-1-2-8-20(19)17-22/h1-14,17H,15-16H2,(H,28,29). The van der Waals surface area contributed by atoms with Gasteiger partial charge in [0.05, 0.1) is 18.2 Å². The van der Waals surface area contributed by atoms with Crippen molar-refractivity contribution in [1.29, 1.82) is 5.26 Å². The number of nitrogens with zero attached hydrogens (tertiary/aromatic N) is 1. The molecule has 4 nitrogen and oxygen atoms in total. The number of benzene rings is 4. The van der Waals surface area contributed by atoms with Gasteiger partial charge in [0, 0.05) is 11.1 Å². The van der Waals surface area contributed by atoms with Crippen LogP contribution in [0.2, 0.25) is 0 Å². The first-order chi connectivity index (χ1) is 14.8. The summed E-state index contributed by atoms with van der Waals surface area (Å²) < 4.78 is 5.79. The Morgan fingerprint density at radius 2 is 1.53 bits per heavy atom. The molecule has 0 atom stereocenters. The molecule has 4 aromatic carbocycles. The number of hydrogen-bond acceptors (Lipinski definition) is 3. The van der Waals surface area contributed by atoms with Crippen LogP contribution >= 0.6 is 0 Å². The molecule has 4 rings (SSSR count). The summed E-state index contributed by atoms with van der Waals surface area (Å²) in [6, 6.07) is 30.8. The molecule has 0 aromatic heterocycles. The summed E-state index contributed by atoms with van der Waals surface area (Å²) in [7, 11) is 0. The second kappa shape index (κ2) is 8.93. The zero-order valence-electron chi connectivity index (χ0n) is 16.3. The van der Waals surface area contributed by atoms with E-state index in [1.165, 1.54) is 0 Å². The fraction of sp³-hybridized carbons (Fsp3) is 0.0769. The van der Waals surface area contributed by atoms with E-state index in [1.807, 2.05) is 72.8 Å². The zero-order valence-corrected chi connectivity index (χ0v) is 16.3. The van der Waals surface area contributed by atoms with Crippen molar-refractivity contribution in [3.05, 3.63) is 102 Å². The van der Waals surface area contributed by atoms with Crippen LogP contribution in [0.25, 0.3) is 21.9 Å². The van der Waals surface area contributed by atoms with Gasteiger partial charge in [-0.1, -0.05) is 66.7 Å². The highest BCUT2D eigenvalue weighted by atomic mass is 16.5. The summed E-state index contributed by atoms with van der Waals surface area (Å²) in [5.41, 5.74) is 2.56. The van der Waals surface area contributed by atoms with E-state index in [9.17, 15) is 10.1 Å². The van der Waals surface area contributed by atoms with Crippen LogP contribution in [0.15, 0.2) is 91.0 Å². The third-order valence-electron chi connectivity index (χ3n) is 4.89. The molecule has 0 aliphatic rings. The van der Waals surface area contributed by atoms with Crippen LogP contribution in [0.3, 0.4) is 0 Å². The van der Waals surface area contributed by atoms with Gasteiger partial charge in [-0.2, -0.15) is 5.26 Å². The Kier molecular flexibility index (Phi) is 5.73. The molecule has 0 spiro atoms. The lowest BCUT2D eigenvalue weighted by Crippen LogP contribution is -2.28. The Bertz CT molecular complexity index is 1240. The second-order valence-electron chi connectivity index (χ2n) is 6.82. The lowest BCUT2D eigenvalue weighted by molar-refractivity contribution is 0.0947. The van der Waals surface area contributed by atoms with E-state index in [1.54, 1.807) is 12.1 Å². The third kappa shape index (κ3) is 4.16. The number of fused-ring (bicyclic) bond motifs is 1. The van der Waals surface area contributed by atoms with Gasteiger partial charge in [-0.15, -0.1) is 0 Å². The van der Waals surface area contributed by atoms with Gasteiger partial charge < -0.3 is 10.1 Å². The number of carbonyl (C=O) groups excluding carboxylic acids is 1. The van der Waals surface area contributed by atoms with Crippen LogP contribution in [0.4, 0.5) is 0 Å². The van der Waals surface area contributed by atoms with Crippen LogP contribution < -0.4 is 10.1 Å². The SMILES string of the molecule is N#Cc1ccccc1-c1ccccc1C(=O)NCCOc1ccc2ccccc2c1. The lowest BCUT2D eigenvalue weighted by atomic mass is 9.95. The third-order valence-corrected chi connectivity index (χ3v) is 4.89. The maximum absolute atomic E-state index is 12.8. The van der Waals surface area contributed by atoms with E-state index in [-0.39, 0.29) is 5.91 Å². The first kappa shape index (κ1) is 19.2. The van der Waals surface area contributed by atoms with Gasteiger partial charge in [0.1, 0.15) is 12.4 Å². The molecule has 0 fully saturated rings. The van der Waals surface area contributed by atoms with Gasteiger partial charge in [-0.25, -0.2) is 0 Å². The Hall–Kier alpha value is -4.10. The molecule has 4 aromatic rings.